The molecule has 0 unspecified atom stereocenters. The second-order valence-electron chi connectivity index (χ2n) is 6.78. The van der Waals surface area contributed by atoms with Gasteiger partial charge >= 0.3 is 5.97 Å². The number of imidazole rings is 1. The van der Waals surface area contributed by atoms with Gasteiger partial charge in [-0.15, -0.1) is 0 Å². The highest BCUT2D eigenvalue weighted by Gasteiger charge is 2.16. The van der Waals surface area contributed by atoms with Crippen LogP contribution in [0, 0.1) is 0 Å². The van der Waals surface area contributed by atoms with E-state index in [2.05, 4.69) is 39.7 Å². The first-order chi connectivity index (χ1) is 12.6. The lowest BCUT2D eigenvalue weighted by Crippen LogP contribution is -2.12. The van der Waals surface area contributed by atoms with E-state index in [-0.39, 0.29) is 0 Å². The van der Waals surface area contributed by atoms with Gasteiger partial charge < -0.3 is 14.6 Å². The maximum atomic E-state index is 11.0. The van der Waals surface area contributed by atoms with Gasteiger partial charge in [-0.2, -0.15) is 0 Å². The number of fused-ring (bicyclic) bond motifs is 1. The van der Waals surface area contributed by atoms with Crippen molar-refractivity contribution in [3.63, 3.8) is 0 Å². The molecular formula is C21H21N3O2. The zero-order valence-electron chi connectivity index (χ0n) is 14.7. The van der Waals surface area contributed by atoms with Crippen LogP contribution in [0.5, 0.6) is 0 Å². The molecule has 132 valence electrons. The minimum atomic E-state index is -0.901. The molecule has 1 N–H and O–H groups in total. The van der Waals surface area contributed by atoms with Crippen molar-refractivity contribution in [3.8, 4) is 0 Å². The number of rotatable bonds is 5. The summed E-state index contributed by atoms with van der Waals surface area (Å²) in [7, 11) is 2.13. The fourth-order valence-electron chi connectivity index (χ4n) is 3.51. The van der Waals surface area contributed by atoms with E-state index >= 15 is 0 Å². The first kappa shape index (κ1) is 16.4. The molecule has 0 saturated heterocycles. The normalized spacial score (nSPS) is 13.0. The molecule has 1 aromatic heterocycles. The topological polar surface area (TPSA) is 58.4 Å². The maximum absolute atomic E-state index is 11.0. The molecule has 3 aromatic rings. The summed E-state index contributed by atoms with van der Waals surface area (Å²) in [5.74, 6) is 0.112. The van der Waals surface area contributed by atoms with Crippen LogP contribution in [-0.2, 0) is 19.4 Å². The molecule has 0 atom stereocenters. The number of carboxylic acids is 1. The summed E-state index contributed by atoms with van der Waals surface area (Å²) in [6, 6.07) is 13.7. The molecule has 0 saturated carbocycles. The van der Waals surface area contributed by atoms with Gasteiger partial charge in [0.1, 0.15) is 5.82 Å². The smallest absolute Gasteiger partial charge is 0.335 e. The van der Waals surface area contributed by atoms with Crippen LogP contribution in [0.4, 0.5) is 5.69 Å². The Labute approximate surface area is 152 Å². The fourth-order valence-corrected chi connectivity index (χ4v) is 3.51. The molecule has 0 bridgehead atoms. The third-order valence-corrected chi connectivity index (χ3v) is 4.99. The number of hydrogen-bond donors (Lipinski definition) is 1. The number of carboxylic acid groups (broad SMARTS) is 1. The molecule has 2 aromatic carbocycles. The molecule has 26 heavy (non-hydrogen) atoms. The molecule has 5 nitrogen and oxygen atoms in total. The quantitative estimate of drug-likeness (QED) is 0.770. The summed E-state index contributed by atoms with van der Waals surface area (Å²) >= 11 is 0. The first-order valence-electron chi connectivity index (χ1n) is 8.75. The Morgan fingerprint density at radius 1 is 1.15 bits per heavy atom. The minimum absolute atomic E-state index is 0.308. The third-order valence-electron chi connectivity index (χ3n) is 4.99. The second-order valence-corrected chi connectivity index (χ2v) is 6.78. The van der Waals surface area contributed by atoms with Gasteiger partial charge in [-0.25, -0.2) is 9.78 Å². The lowest BCUT2D eigenvalue weighted by Gasteiger charge is -2.13. The summed E-state index contributed by atoms with van der Waals surface area (Å²) in [6.07, 6.45) is 5.69. The van der Waals surface area contributed by atoms with Gasteiger partial charge in [0.05, 0.1) is 5.56 Å². The third kappa shape index (κ3) is 3.20. The van der Waals surface area contributed by atoms with Gasteiger partial charge in [-0.05, 0) is 41.3 Å². The molecule has 2 heterocycles. The lowest BCUT2D eigenvalue weighted by molar-refractivity contribution is 0.0697. The highest BCUT2D eigenvalue weighted by molar-refractivity contribution is 5.87. The number of aromatic carboxylic acids is 1. The van der Waals surface area contributed by atoms with Gasteiger partial charge in [0, 0.05) is 44.6 Å². The monoisotopic (exact) mass is 347 g/mol. The Bertz CT molecular complexity index is 944. The fraction of sp³-hybridized carbons (Fsp3) is 0.238. The van der Waals surface area contributed by atoms with Gasteiger partial charge in [0.2, 0.25) is 0 Å². The largest absolute Gasteiger partial charge is 0.478 e. The van der Waals surface area contributed by atoms with Crippen LogP contribution in [0.25, 0.3) is 0 Å². The van der Waals surface area contributed by atoms with Crippen molar-refractivity contribution in [1.82, 2.24) is 9.55 Å². The summed E-state index contributed by atoms with van der Waals surface area (Å²) in [6.45, 7) is 1.77. The van der Waals surface area contributed by atoms with Crippen LogP contribution in [0.1, 0.15) is 32.9 Å². The van der Waals surface area contributed by atoms with Gasteiger partial charge in [0.15, 0.2) is 0 Å². The Kier molecular flexibility index (Phi) is 4.21. The average molecular weight is 347 g/mol. The minimum Gasteiger partial charge on any atom is -0.478 e. The van der Waals surface area contributed by atoms with E-state index in [9.17, 15) is 4.79 Å². The van der Waals surface area contributed by atoms with Gasteiger partial charge in [-0.3, -0.25) is 0 Å². The molecule has 5 heteroatoms. The standard InChI is InChI=1S/C21H21N3O2/c1-23-10-8-18-12-16(4-7-19(18)23)13-20-22-9-11-24(20)14-15-2-5-17(6-3-15)21(25)26/h2-7,9,11-12H,8,10,13-14H2,1H3,(H,25,26). The van der Waals surface area contributed by atoms with E-state index in [0.29, 0.717) is 12.1 Å². The molecule has 0 fully saturated rings. The molecule has 1 aliphatic heterocycles. The maximum Gasteiger partial charge on any atom is 0.335 e. The first-order valence-corrected chi connectivity index (χ1v) is 8.75. The summed E-state index contributed by atoms with van der Waals surface area (Å²) in [4.78, 5) is 17.8. The number of benzene rings is 2. The number of hydrogen-bond acceptors (Lipinski definition) is 3. The second kappa shape index (κ2) is 6.67. The molecular weight excluding hydrogens is 326 g/mol. The van der Waals surface area contributed by atoms with Crippen molar-refractivity contribution in [2.75, 3.05) is 18.5 Å². The van der Waals surface area contributed by atoms with Crippen LogP contribution in [-0.4, -0.2) is 34.2 Å². The molecule has 0 radical (unpaired) electrons. The van der Waals surface area contributed by atoms with Crippen molar-refractivity contribution in [1.29, 1.82) is 0 Å². The van der Waals surface area contributed by atoms with Crippen LogP contribution >= 0.6 is 0 Å². The van der Waals surface area contributed by atoms with Crippen LogP contribution in [0.2, 0.25) is 0 Å². The summed E-state index contributed by atoms with van der Waals surface area (Å²) < 4.78 is 2.12. The summed E-state index contributed by atoms with van der Waals surface area (Å²) in [5.41, 5.74) is 5.38. The number of likely N-dealkylation sites (N-methyl/N-ethyl adjacent to an activating group) is 1. The average Bonchev–Trinajstić information content (AvgIpc) is 3.22. The number of carbonyl (C=O) groups is 1. The molecule has 0 amide bonds. The molecule has 1 aliphatic rings. The number of anilines is 1. The highest BCUT2D eigenvalue weighted by atomic mass is 16.4. The zero-order chi connectivity index (χ0) is 18.1. The lowest BCUT2D eigenvalue weighted by atomic mass is 10.1. The summed E-state index contributed by atoms with van der Waals surface area (Å²) in [5, 5.41) is 9.01. The van der Waals surface area contributed by atoms with Crippen molar-refractivity contribution in [2.45, 2.75) is 19.4 Å². The van der Waals surface area contributed by atoms with Crippen molar-refractivity contribution in [3.05, 3.63) is 82.9 Å². The molecule has 0 aliphatic carbocycles. The number of aromatic nitrogens is 2. The van der Waals surface area contributed by atoms with Crippen LogP contribution in [0.15, 0.2) is 54.9 Å². The van der Waals surface area contributed by atoms with E-state index in [0.717, 1.165) is 30.8 Å². The van der Waals surface area contributed by atoms with Crippen molar-refractivity contribution < 1.29 is 9.90 Å². The van der Waals surface area contributed by atoms with Crippen LogP contribution < -0.4 is 4.90 Å². The zero-order valence-corrected chi connectivity index (χ0v) is 14.7. The Hall–Kier alpha value is -3.08. The Morgan fingerprint density at radius 2 is 1.92 bits per heavy atom. The van der Waals surface area contributed by atoms with E-state index < -0.39 is 5.97 Å². The van der Waals surface area contributed by atoms with E-state index in [1.165, 1.54) is 16.8 Å². The van der Waals surface area contributed by atoms with Crippen LogP contribution in [0.3, 0.4) is 0 Å². The molecule has 0 spiro atoms. The van der Waals surface area contributed by atoms with E-state index in [1.807, 2.05) is 24.5 Å². The predicted molar refractivity (Wildman–Crippen MR) is 101 cm³/mol. The number of nitrogens with zero attached hydrogens (tertiary/aromatic N) is 3. The Morgan fingerprint density at radius 3 is 2.69 bits per heavy atom. The highest BCUT2D eigenvalue weighted by Crippen LogP contribution is 2.28. The Balaban J connectivity index is 1.51. The van der Waals surface area contributed by atoms with Gasteiger partial charge in [0.25, 0.3) is 0 Å². The molecule has 4 rings (SSSR count). The van der Waals surface area contributed by atoms with Gasteiger partial charge in [-0.1, -0.05) is 24.3 Å². The van der Waals surface area contributed by atoms with Crippen molar-refractivity contribution >= 4 is 11.7 Å². The van der Waals surface area contributed by atoms with E-state index in [4.69, 9.17) is 5.11 Å². The predicted octanol–water partition coefficient (Wildman–Crippen LogP) is 3.21. The van der Waals surface area contributed by atoms with E-state index in [1.54, 1.807) is 12.1 Å². The van der Waals surface area contributed by atoms with Crippen molar-refractivity contribution in [2.24, 2.45) is 0 Å². The SMILES string of the molecule is CN1CCc2cc(Cc3nccn3Cc3ccc(C(=O)O)cc3)ccc21.